The molecule has 0 radical (unpaired) electrons. The highest BCUT2D eigenvalue weighted by atomic mass is 16.7. The van der Waals surface area contributed by atoms with E-state index in [0.717, 1.165) is 38.7 Å². The summed E-state index contributed by atoms with van der Waals surface area (Å²) >= 11 is 0. The summed E-state index contributed by atoms with van der Waals surface area (Å²) in [4.78, 5) is 0. The fraction of sp³-hybridized carbons (Fsp3) is 1.00. The molecule has 2 aliphatic heterocycles. The number of aliphatic hydroxyl groups is 1. The van der Waals surface area contributed by atoms with Crippen LogP contribution in [0, 0.1) is 0 Å². The molecule has 2 heterocycles. The van der Waals surface area contributed by atoms with Crippen LogP contribution in [0.1, 0.15) is 84.5 Å². The van der Waals surface area contributed by atoms with Gasteiger partial charge in [0.15, 0.2) is 12.6 Å². The van der Waals surface area contributed by atoms with E-state index in [-0.39, 0.29) is 24.6 Å². The lowest BCUT2D eigenvalue weighted by atomic mass is 10.1. The summed E-state index contributed by atoms with van der Waals surface area (Å²) in [6.45, 7) is 5.46. The molecule has 0 spiro atoms. The molecular formula is C20H38O5. The van der Waals surface area contributed by atoms with Gasteiger partial charge in [0.25, 0.3) is 0 Å². The number of ether oxygens (including phenoxy) is 4. The Morgan fingerprint density at radius 3 is 2.44 bits per heavy atom. The minimum atomic E-state index is -0.716. The van der Waals surface area contributed by atoms with Crippen molar-refractivity contribution in [2.24, 2.45) is 0 Å². The zero-order chi connectivity index (χ0) is 17.9. The van der Waals surface area contributed by atoms with Crippen LogP contribution in [-0.4, -0.2) is 49.2 Å². The molecule has 1 N–H and O–H groups in total. The quantitative estimate of drug-likeness (QED) is 0.396. The van der Waals surface area contributed by atoms with Gasteiger partial charge in [0, 0.05) is 26.1 Å². The molecule has 5 nitrogen and oxygen atoms in total. The van der Waals surface area contributed by atoms with Gasteiger partial charge in [-0.25, -0.2) is 0 Å². The normalized spacial score (nSPS) is 30.8. The Morgan fingerprint density at radius 2 is 1.64 bits per heavy atom. The largest absolute Gasteiger partial charge is 0.372 e. The van der Waals surface area contributed by atoms with Gasteiger partial charge in [-0.1, -0.05) is 39.0 Å². The van der Waals surface area contributed by atoms with Crippen LogP contribution in [0.3, 0.4) is 0 Å². The van der Waals surface area contributed by atoms with Crippen LogP contribution < -0.4 is 0 Å². The molecule has 1 unspecified atom stereocenters. The summed E-state index contributed by atoms with van der Waals surface area (Å²) in [6.07, 6.45) is 11.8. The van der Waals surface area contributed by atoms with Crippen molar-refractivity contribution < 1.29 is 24.1 Å². The summed E-state index contributed by atoms with van der Waals surface area (Å²) in [6, 6.07) is 0. The average molecular weight is 359 g/mol. The molecule has 5 heteroatoms. The fourth-order valence-electron chi connectivity index (χ4n) is 3.79. The lowest BCUT2D eigenvalue weighted by molar-refractivity contribution is -0.166. The second-order valence-electron chi connectivity index (χ2n) is 7.34. The Hall–Kier alpha value is -0.200. The maximum Gasteiger partial charge on any atom is 0.158 e. The Kier molecular flexibility index (Phi) is 10.3. The standard InChI is InChI=1S/C20H38O5/c1-3-5-6-7-8-9-14-23-20-13-12-18(25-20)17-11-10-16(24-17)15-19(21)22-4-2/h16-21H,3-15H2,1-2H3/t16-,17-,18+,19+,20?/m0/s1. The van der Waals surface area contributed by atoms with Crippen LogP contribution in [0.25, 0.3) is 0 Å². The first-order valence-corrected chi connectivity index (χ1v) is 10.4. The third kappa shape index (κ3) is 7.92. The van der Waals surface area contributed by atoms with E-state index in [2.05, 4.69) is 6.92 Å². The maximum atomic E-state index is 9.74. The lowest BCUT2D eigenvalue weighted by Crippen LogP contribution is -2.28. The lowest BCUT2D eigenvalue weighted by Gasteiger charge is -2.21. The molecule has 25 heavy (non-hydrogen) atoms. The first-order chi connectivity index (χ1) is 12.2. The van der Waals surface area contributed by atoms with Crippen molar-refractivity contribution in [1.29, 1.82) is 0 Å². The molecule has 2 fully saturated rings. The van der Waals surface area contributed by atoms with Crippen LogP contribution in [0.2, 0.25) is 0 Å². The van der Waals surface area contributed by atoms with Gasteiger partial charge in [0.2, 0.25) is 0 Å². The maximum absolute atomic E-state index is 9.74. The zero-order valence-corrected chi connectivity index (χ0v) is 16.2. The van der Waals surface area contributed by atoms with E-state index in [1.807, 2.05) is 6.92 Å². The van der Waals surface area contributed by atoms with Gasteiger partial charge in [0.1, 0.15) is 0 Å². The SMILES string of the molecule is CCCCCCCCOC1CC[C@H]([C@@H]2CC[C@@H](C[C@H](O)OCC)O2)O1. The number of rotatable bonds is 13. The van der Waals surface area contributed by atoms with Crippen molar-refractivity contribution in [3.63, 3.8) is 0 Å². The van der Waals surface area contributed by atoms with Gasteiger partial charge in [-0.3, -0.25) is 0 Å². The third-order valence-electron chi connectivity index (χ3n) is 5.19. The van der Waals surface area contributed by atoms with Crippen LogP contribution in [0.5, 0.6) is 0 Å². The number of hydrogen-bond acceptors (Lipinski definition) is 5. The Labute approximate surface area is 153 Å². The van der Waals surface area contributed by atoms with Crippen molar-refractivity contribution in [2.75, 3.05) is 13.2 Å². The van der Waals surface area contributed by atoms with Gasteiger partial charge < -0.3 is 24.1 Å². The highest BCUT2D eigenvalue weighted by Gasteiger charge is 2.38. The number of hydrogen-bond donors (Lipinski definition) is 1. The molecule has 0 aromatic heterocycles. The van der Waals surface area contributed by atoms with Crippen molar-refractivity contribution in [3.05, 3.63) is 0 Å². The highest BCUT2D eigenvalue weighted by molar-refractivity contribution is 4.84. The number of aliphatic hydroxyl groups excluding tert-OH is 1. The van der Waals surface area contributed by atoms with E-state index in [0.29, 0.717) is 13.0 Å². The first-order valence-electron chi connectivity index (χ1n) is 10.4. The van der Waals surface area contributed by atoms with Crippen LogP contribution in [0.15, 0.2) is 0 Å². The van der Waals surface area contributed by atoms with E-state index in [1.165, 1.54) is 32.1 Å². The van der Waals surface area contributed by atoms with Crippen LogP contribution >= 0.6 is 0 Å². The van der Waals surface area contributed by atoms with Crippen LogP contribution in [0.4, 0.5) is 0 Å². The second-order valence-corrected chi connectivity index (χ2v) is 7.34. The van der Waals surface area contributed by atoms with Crippen molar-refractivity contribution in [3.8, 4) is 0 Å². The minimum Gasteiger partial charge on any atom is -0.372 e. The smallest absolute Gasteiger partial charge is 0.158 e. The Balaban J connectivity index is 1.53. The fourth-order valence-corrected chi connectivity index (χ4v) is 3.79. The molecule has 5 atom stereocenters. The van der Waals surface area contributed by atoms with Crippen molar-refractivity contribution in [1.82, 2.24) is 0 Å². The Morgan fingerprint density at radius 1 is 0.920 bits per heavy atom. The third-order valence-corrected chi connectivity index (χ3v) is 5.19. The molecule has 0 aromatic carbocycles. The summed E-state index contributed by atoms with van der Waals surface area (Å²) in [5, 5.41) is 9.74. The van der Waals surface area contributed by atoms with E-state index in [1.54, 1.807) is 0 Å². The van der Waals surface area contributed by atoms with E-state index in [4.69, 9.17) is 18.9 Å². The highest BCUT2D eigenvalue weighted by Crippen LogP contribution is 2.33. The predicted molar refractivity (Wildman–Crippen MR) is 97.4 cm³/mol. The monoisotopic (exact) mass is 358 g/mol. The molecule has 0 saturated carbocycles. The second kappa shape index (κ2) is 12.2. The molecular weight excluding hydrogens is 320 g/mol. The summed E-state index contributed by atoms with van der Waals surface area (Å²) in [5.41, 5.74) is 0. The van der Waals surface area contributed by atoms with E-state index in [9.17, 15) is 5.11 Å². The molecule has 2 rings (SSSR count). The Bertz CT molecular complexity index is 338. The molecule has 2 aliphatic rings. The van der Waals surface area contributed by atoms with Crippen molar-refractivity contribution >= 4 is 0 Å². The van der Waals surface area contributed by atoms with Gasteiger partial charge in [-0.15, -0.1) is 0 Å². The minimum absolute atomic E-state index is 0.0580. The van der Waals surface area contributed by atoms with Gasteiger partial charge in [-0.05, 0) is 32.6 Å². The molecule has 0 aromatic rings. The topological polar surface area (TPSA) is 57.2 Å². The summed E-state index contributed by atoms with van der Waals surface area (Å²) in [5.74, 6) is 0. The predicted octanol–water partition coefficient (Wildman–Crippen LogP) is 4.16. The zero-order valence-electron chi connectivity index (χ0n) is 16.2. The molecule has 0 aliphatic carbocycles. The summed E-state index contributed by atoms with van der Waals surface area (Å²) in [7, 11) is 0. The average Bonchev–Trinajstić information content (AvgIpc) is 3.23. The van der Waals surface area contributed by atoms with Crippen LogP contribution in [-0.2, 0) is 18.9 Å². The first kappa shape index (κ1) is 21.1. The molecule has 2 saturated heterocycles. The van der Waals surface area contributed by atoms with E-state index < -0.39 is 6.29 Å². The van der Waals surface area contributed by atoms with Gasteiger partial charge >= 0.3 is 0 Å². The molecule has 0 bridgehead atoms. The molecule has 148 valence electrons. The molecule has 0 amide bonds. The van der Waals surface area contributed by atoms with Gasteiger partial charge in [0.05, 0.1) is 18.3 Å². The van der Waals surface area contributed by atoms with Gasteiger partial charge in [-0.2, -0.15) is 0 Å². The van der Waals surface area contributed by atoms with Crippen molar-refractivity contribution in [2.45, 2.75) is 115 Å². The number of unbranched alkanes of at least 4 members (excludes halogenated alkanes) is 5. The van der Waals surface area contributed by atoms with E-state index >= 15 is 0 Å². The summed E-state index contributed by atoms with van der Waals surface area (Å²) < 4.78 is 23.2.